The summed E-state index contributed by atoms with van der Waals surface area (Å²) in [6, 6.07) is 4.92. The maximum atomic E-state index is 12.4. The van der Waals surface area contributed by atoms with Crippen LogP contribution in [0.5, 0.6) is 5.75 Å². The van der Waals surface area contributed by atoms with Crippen LogP contribution in [0.25, 0.3) is 0 Å². The molecule has 5 nitrogen and oxygen atoms in total. The lowest BCUT2D eigenvalue weighted by Crippen LogP contribution is -2.57. The number of hydrogen-bond acceptors (Lipinski definition) is 3. The van der Waals surface area contributed by atoms with Crippen molar-refractivity contribution >= 4 is 17.5 Å². The largest absolute Gasteiger partial charge is 0.506 e. The second kappa shape index (κ2) is 6.29. The number of carbonyl (C=O) groups is 2. The molecule has 1 unspecified atom stereocenters. The second-order valence-corrected chi connectivity index (χ2v) is 8.95. The van der Waals surface area contributed by atoms with Gasteiger partial charge in [-0.3, -0.25) is 9.59 Å². The van der Waals surface area contributed by atoms with Gasteiger partial charge in [0.15, 0.2) is 0 Å². The number of benzene rings is 1. The number of hydrogen-bond donors (Lipinski definition) is 3. The molecule has 2 amide bonds. The number of carbonyl (C=O) groups excluding carboxylic acids is 2. The number of aromatic hydroxyl groups is 1. The number of phenolic OH excluding ortho intramolecular Hbond substituents is 1. The molecule has 4 aliphatic carbocycles. The first kappa shape index (κ1) is 17.4. The molecule has 0 radical (unpaired) electrons. The Labute approximate surface area is 154 Å². The molecule has 4 aliphatic rings. The van der Waals surface area contributed by atoms with Gasteiger partial charge in [0, 0.05) is 6.04 Å². The monoisotopic (exact) mass is 356 g/mol. The molecule has 1 aromatic rings. The molecule has 0 spiro atoms. The van der Waals surface area contributed by atoms with Crippen LogP contribution < -0.4 is 10.6 Å². The van der Waals surface area contributed by atoms with E-state index in [-0.39, 0.29) is 22.9 Å². The number of phenols is 1. The van der Waals surface area contributed by atoms with E-state index in [0.717, 1.165) is 23.3 Å². The van der Waals surface area contributed by atoms with Gasteiger partial charge in [0.1, 0.15) is 5.75 Å². The molecule has 5 heteroatoms. The summed E-state index contributed by atoms with van der Waals surface area (Å²) in [5, 5.41) is 15.3. The van der Waals surface area contributed by atoms with Gasteiger partial charge in [-0.2, -0.15) is 0 Å². The number of anilines is 1. The average Bonchev–Trinajstić information content (AvgIpc) is 2.56. The van der Waals surface area contributed by atoms with Gasteiger partial charge >= 0.3 is 11.8 Å². The predicted octanol–water partition coefficient (Wildman–Crippen LogP) is 3.36. The summed E-state index contributed by atoms with van der Waals surface area (Å²) in [7, 11) is 0. The Balaban J connectivity index is 1.41. The van der Waals surface area contributed by atoms with E-state index in [1.54, 1.807) is 12.1 Å². The summed E-state index contributed by atoms with van der Waals surface area (Å²) in [5.74, 6) is 1.04. The molecule has 26 heavy (non-hydrogen) atoms. The van der Waals surface area contributed by atoms with Crippen molar-refractivity contribution in [3.63, 3.8) is 0 Å². The zero-order valence-corrected chi connectivity index (χ0v) is 15.5. The third-order valence-corrected chi connectivity index (χ3v) is 6.96. The summed E-state index contributed by atoms with van der Waals surface area (Å²) in [5.41, 5.74) is 1.34. The van der Waals surface area contributed by atoms with Crippen LogP contribution in [0.1, 0.15) is 51.0 Å². The van der Waals surface area contributed by atoms with Gasteiger partial charge in [-0.05, 0) is 93.2 Å². The van der Waals surface area contributed by atoms with Gasteiger partial charge in [0.2, 0.25) is 0 Å². The van der Waals surface area contributed by atoms with Gasteiger partial charge in [-0.1, -0.05) is 6.07 Å². The lowest BCUT2D eigenvalue weighted by atomic mass is 9.48. The quantitative estimate of drug-likeness (QED) is 0.574. The standard InChI is InChI=1S/C21H28N2O3/c1-12-3-4-18(24)17(5-12)23-20(26)19(25)22-13(2)21-9-14-6-15(10-21)8-16(7-14)11-21/h3-5,13-16,24H,6-11H2,1-2H3,(H,22,25)(H,23,26). The molecular formula is C21H28N2O3. The molecule has 140 valence electrons. The Morgan fingerprint density at radius 3 is 2.23 bits per heavy atom. The minimum Gasteiger partial charge on any atom is -0.506 e. The molecule has 4 bridgehead atoms. The average molecular weight is 356 g/mol. The zero-order valence-electron chi connectivity index (χ0n) is 15.5. The Bertz CT molecular complexity index is 707. The fraction of sp³-hybridized carbons (Fsp3) is 0.619. The smallest absolute Gasteiger partial charge is 0.313 e. The summed E-state index contributed by atoms with van der Waals surface area (Å²) in [6.07, 6.45) is 7.61. The normalized spacial score (nSPS) is 32.9. The van der Waals surface area contributed by atoms with Crippen LogP contribution in [0.4, 0.5) is 5.69 Å². The number of nitrogens with one attached hydrogen (secondary N) is 2. The first-order valence-electron chi connectivity index (χ1n) is 9.76. The molecule has 5 rings (SSSR count). The van der Waals surface area contributed by atoms with Crippen molar-refractivity contribution in [3.8, 4) is 5.75 Å². The predicted molar refractivity (Wildman–Crippen MR) is 99.7 cm³/mol. The first-order valence-corrected chi connectivity index (χ1v) is 9.76. The Hall–Kier alpha value is -2.04. The molecule has 0 saturated heterocycles. The van der Waals surface area contributed by atoms with E-state index in [2.05, 4.69) is 17.6 Å². The molecule has 0 aliphatic heterocycles. The summed E-state index contributed by atoms with van der Waals surface area (Å²) in [4.78, 5) is 24.7. The highest BCUT2D eigenvalue weighted by Crippen LogP contribution is 2.61. The van der Waals surface area contributed by atoms with Crippen molar-refractivity contribution < 1.29 is 14.7 Å². The lowest BCUT2D eigenvalue weighted by Gasteiger charge is -2.59. The molecule has 1 atom stereocenters. The third kappa shape index (κ3) is 3.08. The first-order chi connectivity index (χ1) is 12.3. The van der Waals surface area contributed by atoms with Crippen molar-refractivity contribution in [3.05, 3.63) is 23.8 Å². The van der Waals surface area contributed by atoms with Gasteiger partial charge < -0.3 is 15.7 Å². The highest BCUT2D eigenvalue weighted by atomic mass is 16.3. The minimum atomic E-state index is -0.720. The molecule has 0 aromatic heterocycles. The Morgan fingerprint density at radius 2 is 1.65 bits per heavy atom. The van der Waals surface area contributed by atoms with Crippen molar-refractivity contribution in [2.24, 2.45) is 23.2 Å². The van der Waals surface area contributed by atoms with Crippen LogP contribution in [0.2, 0.25) is 0 Å². The second-order valence-electron chi connectivity index (χ2n) is 8.95. The van der Waals surface area contributed by atoms with E-state index in [0.29, 0.717) is 0 Å². The van der Waals surface area contributed by atoms with Gasteiger partial charge in [0.05, 0.1) is 5.69 Å². The van der Waals surface area contributed by atoms with E-state index in [4.69, 9.17) is 0 Å². The van der Waals surface area contributed by atoms with Gasteiger partial charge in [0.25, 0.3) is 0 Å². The number of rotatable bonds is 3. The van der Waals surface area contributed by atoms with Crippen LogP contribution in [0, 0.1) is 30.1 Å². The fourth-order valence-electron chi connectivity index (χ4n) is 6.05. The summed E-state index contributed by atoms with van der Waals surface area (Å²) in [6.45, 7) is 3.92. The SMILES string of the molecule is Cc1ccc(O)c(NC(=O)C(=O)NC(C)C23CC4CC(CC(C4)C2)C3)c1. The van der Waals surface area contributed by atoms with Crippen LogP contribution in [0.3, 0.4) is 0 Å². The maximum Gasteiger partial charge on any atom is 0.313 e. The van der Waals surface area contributed by atoms with Crippen LogP contribution in [-0.2, 0) is 9.59 Å². The molecule has 4 saturated carbocycles. The van der Waals surface area contributed by atoms with Crippen LogP contribution >= 0.6 is 0 Å². The highest BCUT2D eigenvalue weighted by molar-refractivity contribution is 6.39. The molecule has 3 N–H and O–H groups in total. The van der Waals surface area contributed by atoms with E-state index in [9.17, 15) is 14.7 Å². The fourth-order valence-corrected chi connectivity index (χ4v) is 6.05. The highest BCUT2D eigenvalue weighted by Gasteiger charge is 2.53. The molecule has 0 heterocycles. The van der Waals surface area contributed by atoms with Crippen molar-refractivity contribution in [1.82, 2.24) is 5.32 Å². The van der Waals surface area contributed by atoms with Crippen LogP contribution in [-0.4, -0.2) is 23.0 Å². The molecule has 4 fully saturated rings. The van der Waals surface area contributed by atoms with Crippen molar-refractivity contribution in [1.29, 1.82) is 0 Å². The number of aryl methyl sites for hydroxylation is 1. The van der Waals surface area contributed by atoms with Gasteiger partial charge in [-0.25, -0.2) is 0 Å². The molecule has 1 aromatic carbocycles. The topological polar surface area (TPSA) is 78.4 Å². The lowest BCUT2D eigenvalue weighted by molar-refractivity contribution is -0.138. The van der Waals surface area contributed by atoms with E-state index in [1.165, 1.54) is 44.6 Å². The zero-order chi connectivity index (χ0) is 18.5. The van der Waals surface area contributed by atoms with Crippen molar-refractivity contribution in [2.45, 2.75) is 58.4 Å². The van der Waals surface area contributed by atoms with Crippen LogP contribution in [0.15, 0.2) is 18.2 Å². The van der Waals surface area contributed by atoms with E-state index >= 15 is 0 Å². The summed E-state index contributed by atoms with van der Waals surface area (Å²) >= 11 is 0. The Morgan fingerprint density at radius 1 is 1.08 bits per heavy atom. The number of amides is 2. The maximum absolute atomic E-state index is 12.4. The van der Waals surface area contributed by atoms with E-state index < -0.39 is 11.8 Å². The van der Waals surface area contributed by atoms with Gasteiger partial charge in [-0.15, -0.1) is 0 Å². The molecular weight excluding hydrogens is 328 g/mol. The van der Waals surface area contributed by atoms with E-state index in [1.807, 2.05) is 6.92 Å². The third-order valence-electron chi connectivity index (χ3n) is 6.96. The van der Waals surface area contributed by atoms with Crippen molar-refractivity contribution in [2.75, 3.05) is 5.32 Å². The Kier molecular flexibility index (Phi) is 4.20. The summed E-state index contributed by atoms with van der Waals surface area (Å²) < 4.78 is 0. The minimum absolute atomic E-state index is 0.000237.